The quantitative estimate of drug-likeness (QED) is 0.493. The molecule has 0 amide bonds. The number of aromatic nitrogens is 3. The van der Waals surface area contributed by atoms with Crippen molar-refractivity contribution in [1.29, 1.82) is 0 Å². The maximum Gasteiger partial charge on any atom is 0.303 e. The largest absolute Gasteiger partial charge is 0.449 e. The van der Waals surface area contributed by atoms with Gasteiger partial charge in [0.05, 0.1) is 0 Å². The highest BCUT2D eigenvalue weighted by atomic mass is 16.5. The molecule has 0 unspecified atom stereocenters. The van der Waals surface area contributed by atoms with Crippen molar-refractivity contribution < 1.29 is 9.30 Å². The van der Waals surface area contributed by atoms with Crippen LogP contribution in [0, 0.1) is 0 Å². The van der Waals surface area contributed by atoms with Gasteiger partial charge in [0.15, 0.2) is 5.52 Å². The van der Waals surface area contributed by atoms with Crippen molar-refractivity contribution in [2.24, 2.45) is 0 Å². The van der Waals surface area contributed by atoms with Gasteiger partial charge in [0.1, 0.15) is 17.0 Å². The van der Waals surface area contributed by atoms with E-state index in [4.69, 9.17) is 4.74 Å². The summed E-state index contributed by atoms with van der Waals surface area (Å²) in [5, 5.41) is 0. The van der Waals surface area contributed by atoms with Gasteiger partial charge in [0, 0.05) is 20.0 Å². The first-order chi connectivity index (χ1) is 12.2. The van der Waals surface area contributed by atoms with Gasteiger partial charge < -0.3 is 4.74 Å². The van der Waals surface area contributed by atoms with Crippen LogP contribution in [0.1, 0.15) is 13.8 Å². The average molecular weight is 328 g/mol. The maximum absolute atomic E-state index is 6.32. The van der Waals surface area contributed by atoms with Gasteiger partial charge >= 0.3 is 5.82 Å². The molecule has 0 atom stereocenters. The van der Waals surface area contributed by atoms with Crippen LogP contribution >= 0.6 is 0 Å². The fraction of sp³-hybridized carbons (Fsp3) is 0.143. The van der Waals surface area contributed by atoms with E-state index in [0.29, 0.717) is 0 Å². The van der Waals surface area contributed by atoms with E-state index in [1.807, 2.05) is 36.5 Å². The molecule has 4 nitrogen and oxygen atoms in total. The highest BCUT2D eigenvalue weighted by Crippen LogP contribution is 2.39. The van der Waals surface area contributed by atoms with Crippen LogP contribution in [0.15, 0.2) is 72.9 Å². The Balaban J connectivity index is 2.00. The van der Waals surface area contributed by atoms with Crippen molar-refractivity contribution in [1.82, 2.24) is 9.55 Å². The zero-order valence-electron chi connectivity index (χ0n) is 14.2. The Kier molecular flexibility index (Phi) is 2.80. The van der Waals surface area contributed by atoms with E-state index < -0.39 is 5.72 Å². The summed E-state index contributed by atoms with van der Waals surface area (Å²) in [5.41, 5.74) is 3.64. The summed E-state index contributed by atoms with van der Waals surface area (Å²) >= 11 is 0. The van der Waals surface area contributed by atoms with Gasteiger partial charge in [0.25, 0.3) is 5.65 Å². The normalized spacial score (nSPS) is 14.6. The standard InChI is InChI=1S/C21H18N3O/c1-21(2)24-17-12-8-14-22-19(17)23(15-9-4-3-5-10-15)20(24)16-11-6-7-13-18(16)25-21/h3-14H,1-2H3/q+1. The van der Waals surface area contributed by atoms with Crippen LogP contribution in [0.5, 0.6) is 5.75 Å². The Morgan fingerprint density at radius 1 is 0.920 bits per heavy atom. The Labute approximate surface area is 145 Å². The molecule has 0 fully saturated rings. The molecule has 1 aliphatic heterocycles. The first kappa shape index (κ1) is 14.2. The Bertz CT molecular complexity index is 1100. The third kappa shape index (κ3) is 1.94. The minimum Gasteiger partial charge on any atom is -0.449 e. The van der Waals surface area contributed by atoms with E-state index in [1.165, 1.54) is 0 Å². The summed E-state index contributed by atoms with van der Waals surface area (Å²) in [6, 6.07) is 22.6. The van der Waals surface area contributed by atoms with Crippen molar-refractivity contribution >= 4 is 11.2 Å². The molecule has 0 N–H and O–H groups in total. The average Bonchev–Trinajstić information content (AvgIpc) is 2.98. The topological polar surface area (TPSA) is 30.9 Å². The molecule has 0 spiro atoms. The maximum atomic E-state index is 6.32. The van der Waals surface area contributed by atoms with Crippen LogP contribution < -0.4 is 9.30 Å². The van der Waals surface area contributed by atoms with E-state index in [1.54, 1.807) is 0 Å². The first-order valence-corrected chi connectivity index (χ1v) is 8.43. The van der Waals surface area contributed by atoms with Crippen LogP contribution in [-0.4, -0.2) is 9.55 Å². The highest BCUT2D eigenvalue weighted by molar-refractivity contribution is 5.77. The van der Waals surface area contributed by atoms with Gasteiger partial charge in [-0.25, -0.2) is 4.98 Å². The number of imidazole rings is 1. The number of fused-ring (bicyclic) bond motifs is 5. The van der Waals surface area contributed by atoms with Gasteiger partial charge in [-0.1, -0.05) is 30.3 Å². The van der Waals surface area contributed by atoms with Crippen LogP contribution in [-0.2, 0) is 5.72 Å². The second kappa shape index (κ2) is 4.93. The van der Waals surface area contributed by atoms with Gasteiger partial charge in [-0.2, -0.15) is 9.13 Å². The minimum atomic E-state index is -0.509. The van der Waals surface area contributed by atoms with Gasteiger partial charge in [-0.15, -0.1) is 0 Å². The predicted molar refractivity (Wildman–Crippen MR) is 96.7 cm³/mol. The lowest BCUT2D eigenvalue weighted by Crippen LogP contribution is -2.59. The van der Waals surface area contributed by atoms with Gasteiger partial charge in [-0.05, 0) is 36.4 Å². The highest BCUT2D eigenvalue weighted by Gasteiger charge is 2.44. The first-order valence-electron chi connectivity index (χ1n) is 8.43. The number of hydrogen-bond donors (Lipinski definition) is 0. The lowest BCUT2D eigenvalue weighted by atomic mass is 10.1. The molecular weight excluding hydrogens is 310 g/mol. The summed E-state index contributed by atoms with van der Waals surface area (Å²) in [4.78, 5) is 4.69. The van der Waals surface area contributed by atoms with Crippen molar-refractivity contribution in [3.63, 3.8) is 0 Å². The van der Waals surface area contributed by atoms with E-state index in [9.17, 15) is 0 Å². The molecule has 122 valence electrons. The van der Waals surface area contributed by atoms with E-state index >= 15 is 0 Å². The van der Waals surface area contributed by atoms with Crippen molar-refractivity contribution in [3.05, 3.63) is 72.9 Å². The molecule has 0 saturated carbocycles. The number of para-hydroxylation sites is 2. The molecule has 2 aromatic heterocycles. The molecule has 0 saturated heterocycles. The molecule has 0 aliphatic carbocycles. The minimum absolute atomic E-state index is 0.509. The second-order valence-electron chi connectivity index (χ2n) is 6.72. The molecule has 4 heteroatoms. The lowest BCUT2D eigenvalue weighted by Gasteiger charge is -2.30. The monoisotopic (exact) mass is 328 g/mol. The fourth-order valence-corrected chi connectivity index (χ4v) is 3.71. The molecule has 25 heavy (non-hydrogen) atoms. The summed E-state index contributed by atoms with van der Waals surface area (Å²) in [6.45, 7) is 4.18. The number of pyridine rings is 1. The molecule has 0 radical (unpaired) electrons. The molecule has 1 aliphatic rings. The molecule has 4 aromatic rings. The van der Waals surface area contributed by atoms with E-state index in [-0.39, 0.29) is 0 Å². The number of rotatable bonds is 1. The second-order valence-corrected chi connectivity index (χ2v) is 6.72. The van der Waals surface area contributed by atoms with Crippen molar-refractivity contribution in [3.8, 4) is 22.8 Å². The predicted octanol–water partition coefficient (Wildman–Crippen LogP) is 4.07. The van der Waals surface area contributed by atoms with Crippen molar-refractivity contribution in [2.45, 2.75) is 19.6 Å². The van der Waals surface area contributed by atoms with E-state index in [0.717, 1.165) is 34.0 Å². The molecule has 2 aromatic carbocycles. The van der Waals surface area contributed by atoms with E-state index in [2.05, 4.69) is 64.4 Å². The smallest absolute Gasteiger partial charge is 0.303 e. The number of nitrogens with zero attached hydrogens (tertiary/aromatic N) is 3. The summed E-state index contributed by atoms with van der Waals surface area (Å²) in [5.74, 6) is 1.99. The summed E-state index contributed by atoms with van der Waals surface area (Å²) in [7, 11) is 0. The molecule has 0 bridgehead atoms. The Morgan fingerprint density at radius 3 is 2.52 bits per heavy atom. The van der Waals surface area contributed by atoms with Crippen molar-refractivity contribution in [2.75, 3.05) is 0 Å². The molecule has 3 heterocycles. The summed E-state index contributed by atoms with van der Waals surface area (Å²) in [6.07, 6.45) is 1.84. The molecule has 5 rings (SSSR count). The SMILES string of the molecule is CC1(C)Oc2ccccc2-c2n(-c3ccccc3)c3ncccc3[n+]21. The zero-order chi connectivity index (χ0) is 17.0. The number of benzene rings is 2. The van der Waals surface area contributed by atoms with Gasteiger partial charge in [-0.3, -0.25) is 0 Å². The van der Waals surface area contributed by atoms with Crippen LogP contribution in [0.2, 0.25) is 0 Å². The van der Waals surface area contributed by atoms with Gasteiger partial charge in [0.2, 0.25) is 5.72 Å². The number of ether oxygens (including phenoxy) is 1. The summed E-state index contributed by atoms with van der Waals surface area (Å²) < 4.78 is 10.8. The Hall–Kier alpha value is -3.14. The molecular formula is C21H18N3O+. The third-order valence-corrected chi connectivity index (χ3v) is 4.68. The zero-order valence-corrected chi connectivity index (χ0v) is 14.2. The number of hydrogen-bond acceptors (Lipinski definition) is 2. The Morgan fingerprint density at radius 2 is 1.68 bits per heavy atom. The van der Waals surface area contributed by atoms with Crippen LogP contribution in [0.4, 0.5) is 0 Å². The lowest BCUT2D eigenvalue weighted by molar-refractivity contribution is -0.765. The fourth-order valence-electron chi connectivity index (χ4n) is 3.71. The third-order valence-electron chi connectivity index (χ3n) is 4.68. The van der Waals surface area contributed by atoms with Crippen LogP contribution in [0.25, 0.3) is 28.2 Å². The van der Waals surface area contributed by atoms with Crippen LogP contribution in [0.3, 0.4) is 0 Å².